The highest BCUT2D eigenvalue weighted by molar-refractivity contribution is 6.05. The minimum absolute atomic E-state index is 0.0324. The first kappa shape index (κ1) is 21.6. The van der Waals surface area contributed by atoms with Crippen molar-refractivity contribution in [3.8, 4) is 5.75 Å². The number of benzene rings is 2. The molecule has 7 rings (SSSR count). The predicted octanol–water partition coefficient (Wildman–Crippen LogP) is 2.86. The molecule has 0 bridgehead atoms. The molecule has 4 aliphatic rings. The average Bonchev–Trinajstić information content (AvgIpc) is 3.57. The summed E-state index contributed by atoms with van der Waals surface area (Å²) in [5.74, 6) is 0.0222. The lowest BCUT2D eigenvalue weighted by atomic mass is 9.74. The number of nitrogens with one attached hydrogen (secondary N) is 2. The molecule has 2 fully saturated rings. The van der Waals surface area contributed by atoms with Crippen molar-refractivity contribution in [2.24, 2.45) is 0 Å². The second kappa shape index (κ2) is 7.93. The van der Waals surface area contributed by atoms with Gasteiger partial charge in [0.15, 0.2) is 0 Å². The minimum atomic E-state index is -0.609. The van der Waals surface area contributed by atoms with E-state index in [1.807, 2.05) is 12.3 Å². The Balaban J connectivity index is 1.08. The third-order valence-electron chi connectivity index (χ3n) is 8.57. The number of nitrogens with zero attached hydrogens (tertiary/aromatic N) is 2. The number of likely N-dealkylation sites (tertiary alicyclic amines) is 1. The quantitative estimate of drug-likeness (QED) is 0.558. The van der Waals surface area contributed by atoms with E-state index in [-0.39, 0.29) is 29.6 Å². The number of aromatic amines is 1. The molecule has 1 aromatic heterocycles. The molecule has 0 saturated carbocycles. The van der Waals surface area contributed by atoms with E-state index in [1.165, 1.54) is 22.0 Å². The second-order valence-electron chi connectivity index (χ2n) is 10.6. The summed E-state index contributed by atoms with van der Waals surface area (Å²) in [7, 11) is 0. The number of aromatic nitrogens is 1. The Morgan fingerprint density at radius 2 is 1.92 bits per heavy atom. The fraction of sp³-hybridized carbons (Fsp3) is 0.393. The Morgan fingerprint density at radius 1 is 1.06 bits per heavy atom. The van der Waals surface area contributed by atoms with E-state index < -0.39 is 6.04 Å². The number of ether oxygens (including phenoxy) is 1. The van der Waals surface area contributed by atoms with Crippen molar-refractivity contribution >= 4 is 28.6 Å². The van der Waals surface area contributed by atoms with Crippen LogP contribution in [0.1, 0.15) is 52.7 Å². The maximum Gasteiger partial charge on any atom is 0.255 e. The third kappa shape index (κ3) is 3.27. The highest BCUT2D eigenvalue weighted by Crippen LogP contribution is 2.49. The second-order valence-corrected chi connectivity index (χ2v) is 10.6. The van der Waals surface area contributed by atoms with E-state index in [2.05, 4.69) is 45.5 Å². The lowest BCUT2D eigenvalue weighted by Crippen LogP contribution is -2.52. The highest BCUT2D eigenvalue weighted by Gasteiger charge is 2.47. The molecular weight excluding hydrogens is 456 g/mol. The van der Waals surface area contributed by atoms with E-state index in [0.717, 1.165) is 43.8 Å². The summed E-state index contributed by atoms with van der Waals surface area (Å²) in [6.45, 7) is 3.90. The smallest absolute Gasteiger partial charge is 0.255 e. The lowest BCUT2D eigenvalue weighted by molar-refractivity contribution is -0.136. The summed E-state index contributed by atoms with van der Waals surface area (Å²) in [6.07, 6.45) is 4.61. The number of imide groups is 1. The van der Waals surface area contributed by atoms with Crippen LogP contribution in [0.4, 0.5) is 0 Å². The Labute approximate surface area is 208 Å². The molecule has 184 valence electrons. The molecule has 2 aromatic carbocycles. The van der Waals surface area contributed by atoms with Gasteiger partial charge in [-0.25, -0.2) is 0 Å². The van der Waals surface area contributed by atoms with E-state index in [0.29, 0.717) is 25.1 Å². The van der Waals surface area contributed by atoms with E-state index in [1.54, 1.807) is 4.90 Å². The van der Waals surface area contributed by atoms with E-state index in [9.17, 15) is 14.4 Å². The Kier molecular flexibility index (Phi) is 4.76. The first-order chi connectivity index (χ1) is 17.5. The number of H-pyrrole nitrogens is 1. The molecular formula is C28H28N4O4. The Hall–Kier alpha value is -3.65. The largest absolute Gasteiger partial charge is 0.492 e. The number of carbonyl (C=O) groups excluding carboxylic acids is 3. The van der Waals surface area contributed by atoms with Crippen molar-refractivity contribution in [2.45, 2.75) is 50.2 Å². The number of carbonyl (C=O) groups is 3. The summed E-state index contributed by atoms with van der Waals surface area (Å²) in [4.78, 5) is 44.6. The van der Waals surface area contributed by atoms with Gasteiger partial charge in [0.1, 0.15) is 11.8 Å². The SMILES string of the molecule is O=C1CC[C@H](N2Cc3c(ccc4c3OCC43CCN(Cc4ccc5cc[nH]c5c4)CC3)C2=O)C(=O)N1. The van der Waals surface area contributed by atoms with Gasteiger partial charge in [-0.05, 0) is 61.5 Å². The summed E-state index contributed by atoms with van der Waals surface area (Å²) in [6, 6.07) is 12.1. The molecule has 3 aromatic rings. The number of amides is 3. The Morgan fingerprint density at radius 3 is 2.75 bits per heavy atom. The van der Waals surface area contributed by atoms with Gasteiger partial charge in [0.2, 0.25) is 11.8 Å². The van der Waals surface area contributed by atoms with Crippen LogP contribution < -0.4 is 10.1 Å². The number of rotatable bonds is 3. The molecule has 8 nitrogen and oxygen atoms in total. The van der Waals surface area contributed by atoms with Crippen LogP contribution in [0.15, 0.2) is 42.6 Å². The van der Waals surface area contributed by atoms with Crippen molar-refractivity contribution in [1.82, 2.24) is 20.1 Å². The molecule has 36 heavy (non-hydrogen) atoms. The highest BCUT2D eigenvalue weighted by atomic mass is 16.5. The van der Waals surface area contributed by atoms with Gasteiger partial charge in [-0.2, -0.15) is 0 Å². The normalized spacial score (nSPS) is 23.2. The minimum Gasteiger partial charge on any atom is -0.492 e. The number of fused-ring (bicyclic) bond motifs is 5. The maximum absolute atomic E-state index is 13.2. The Bertz CT molecular complexity index is 1420. The molecule has 4 aliphatic heterocycles. The van der Waals surface area contributed by atoms with Crippen molar-refractivity contribution in [3.63, 3.8) is 0 Å². The van der Waals surface area contributed by atoms with Crippen LogP contribution in [-0.2, 0) is 28.1 Å². The van der Waals surface area contributed by atoms with Crippen LogP contribution in [-0.4, -0.2) is 58.2 Å². The number of hydrogen-bond donors (Lipinski definition) is 2. The lowest BCUT2D eigenvalue weighted by Gasteiger charge is -2.38. The van der Waals surface area contributed by atoms with Crippen molar-refractivity contribution < 1.29 is 19.1 Å². The van der Waals surface area contributed by atoms with Crippen LogP contribution in [0.25, 0.3) is 10.9 Å². The van der Waals surface area contributed by atoms with Gasteiger partial charge in [0.05, 0.1) is 13.2 Å². The third-order valence-corrected chi connectivity index (χ3v) is 8.57. The van der Waals surface area contributed by atoms with Crippen LogP contribution in [0.5, 0.6) is 5.75 Å². The van der Waals surface area contributed by atoms with E-state index >= 15 is 0 Å². The average molecular weight is 485 g/mol. The van der Waals surface area contributed by atoms with Crippen molar-refractivity contribution in [3.05, 3.63) is 64.8 Å². The molecule has 0 aliphatic carbocycles. The fourth-order valence-corrected chi connectivity index (χ4v) is 6.49. The molecule has 5 heterocycles. The summed E-state index contributed by atoms with van der Waals surface area (Å²) < 4.78 is 6.30. The molecule has 3 amide bonds. The zero-order valence-electron chi connectivity index (χ0n) is 20.0. The van der Waals surface area contributed by atoms with Gasteiger partial charge < -0.3 is 14.6 Å². The topological polar surface area (TPSA) is 94.7 Å². The predicted molar refractivity (Wildman–Crippen MR) is 132 cm³/mol. The van der Waals surface area contributed by atoms with Crippen LogP contribution in [0, 0.1) is 0 Å². The fourth-order valence-electron chi connectivity index (χ4n) is 6.49. The van der Waals surface area contributed by atoms with Gasteiger partial charge >= 0.3 is 0 Å². The van der Waals surface area contributed by atoms with Gasteiger partial charge in [0.25, 0.3) is 5.91 Å². The first-order valence-corrected chi connectivity index (χ1v) is 12.7. The van der Waals surface area contributed by atoms with E-state index in [4.69, 9.17) is 4.74 Å². The van der Waals surface area contributed by atoms with Gasteiger partial charge in [-0.1, -0.05) is 18.2 Å². The van der Waals surface area contributed by atoms with Crippen LogP contribution in [0.2, 0.25) is 0 Å². The van der Waals surface area contributed by atoms with Crippen LogP contribution >= 0.6 is 0 Å². The zero-order valence-corrected chi connectivity index (χ0v) is 20.0. The zero-order chi connectivity index (χ0) is 24.4. The van der Waals surface area contributed by atoms with Gasteiger partial charge in [0, 0.05) is 46.8 Å². The standard InChI is InChI=1S/C28H28N4O4/c33-24-6-5-23(26(34)30-24)32-15-20-19(27(32)35)3-4-21-25(20)36-16-28(21)8-11-31(12-9-28)14-17-1-2-18-7-10-29-22(18)13-17/h1-4,7,10,13,23,29H,5-6,8-9,11-12,14-16H2,(H,30,33,34)/t23-/m0/s1. The first-order valence-electron chi connectivity index (χ1n) is 12.7. The molecule has 1 spiro atoms. The molecule has 0 radical (unpaired) electrons. The molecule has 8 heteroatoms. The number of hydrogen-bond acceptors (Lipinski definition) is 5. The monoisotopic (exact) mass is 484 g/mol. The molecule has 2 N–H and O–H groups in total. The van der Waals surface area contributed by atoms with Crippen molar-refractivity contribution in [1.29, 1.82) is 0 Å². The summed E-state index contributed by atoms with van der Waals surface area (Å²) in [5, 5.41) is 3.61. The molecule has 0 unspecified atom stereocenters. The summed E-state index contributed by atoms with van der Waals surface area (Å²) >= 11 is 0. The van der Waals surface area contributed by atoms with Crippen LogP contribution in [0.3, 0.4) is 0 Å². The molecule has 2 saturated heterocycles. The maximum atomic E-state index is 13.2. The van der Waals surface area contributed by atoms with Gasteiger partial charge in [-0.3, -0.25) is 24.6 Å². The molecule has 1 atom stereocenters. The summed E-state index contributed by atoms with van der Waals surface area (Å²) in [5.41, 5.74) is 5.16. The number of piperidine rings is 2. The van der Waals surface area contributed by atoms with Crippen molar-refractivity contribution in [2.75, 3.05) is 19.7 Å². The van der Waals surface area contributed by atoms with Gasteiger partial charge in [-0.15, -0.1) is 0 Å².